The maximum Gasteiger partial charge on any atom is 0.0895 e. The number of ether oxygens (including phenoxy) is 1. The number of aliphatic hydroxyl groups excluding tert-OH is 1. The maximum atomic E-state index is 9.51. The van der Waals surface area contributed by atoms with Crippen molar-refractivity contribution in [1.82, 2.24) is 0 Å². The van der Waals surface area contributed by atoms with Crippen molar-refractivity contribution in [2.24, 2.45) is 0 Å². The van der Waals surface area contributed by atoms with E-state index in [0.29, 0.717) is 0 Å². The summed E-state index contributed by atoms with van der Waals surface area (Å²) in [7, 11) is 0. The fraction of sp³-hybridized carbons (Fsp3) is 1.00. The average molecular weight is 445 g/mol. The second kappa shape index (κ2) is 27.3. The first-order valence-corrected chi connectivity index (χ1v) is 14.8. The highest BCUT2D eigenvalue weighted by Gasteiger charge is 2.07. The lowest BCUT2D eigenvalue weighted by Gasteiger charge is -2.15. The van der Waals surface area contributed by atoms with Gasteiger partial charge in [-0.15, -0.1) is 0 Å². The van der Waals surface area contributed by atoms with E-state index in [1.807, 2.05) is 11.8 Å². The molecule has 1 unspecified atom stereocenters. The third kappa shape index (κ3) is 24.5. The van der Waals surface area contributed by atoms with Gasteiger partial charge in [0.25, 0.3) is 0 Å². The van der Waals surface area contributed by atoms with Crippen molar-refractivity contribution in [3.63, 3.8) is 0 Å². The molecule has 0 spiro atoms. The number of thioether (sulfide) groups is 1. The van der Waals surface area contributed by atoms with Crippen LogP contribution in [0.25, 0.3) is 0 Å². The molecule has 3 heteroatoms. The molecule has 0 aromatic heterocycles. The molecule has 182 valence electrons. The third-order valence-electron chi connectivity index (χ3n) is 6.00. The summed E-state index contributed by atoms with van der Waals surface area (Å²) >= 11 is 1.96. The van der Waals surface area contributed by atoms with E-state index in [0.717, 1.165) is 18.8 Å². The van der Waals surface area contributed by atoms with Crippen LogP contribution in [0.3, 0.4) is 0 Å². The zero-order chi connectivity index (χ0) is 22.0. The van der Waals surface area contributed by atoms with Gasteiger partial charge in [0.05, 0.1) is 12.7 Å². The van der Waals surface area contributed by atoms with Crippen LogP contribution in [-0.4, -0.2) is 35.9 Å². The molecule has 0 aliphatic carbocycles. The van der Waals surface area contributed by atoms with Gasteiger partial charge in [-0.3, -0.25) is 0 Å². The summed E-state index contributed by atoms with van der Waals surface area (Å²) in [6.45, 7) is 5.55. The minimum absolute atomic E-state index is 0.0388. The van der Waals surface area contributed by atoms with Crippen molar-refractivity contribution >= 4 is 11.8 Å². The van der Waals surface area contributed by atoms with Crippen LogP contribution >= 0.6 is 11.8 Å². The summed E-state index contributed by atoms with van der Waals surface area (Å²) in [5, 5.41) is 9.51. The van der Waals surface area contributed by atoms with Gasteiger partial charge in [-0.2, -0.15) is 11.8 Å². The van der Waals surface area contributed by atoms with Crippen LogP contribution in [0.5, 0.6) is 0 Å². The zero-order valence-corrected chi connectivity index (χ0v) is 21.6. The van der Waals surface area contributed by atoms with Crippen LogP contribution in [0.2, 0.25) is 0 Å². The summed E-state index contributed by atoms with van der Waals surface area (Å²) in [5.74, 6) is 2.17. The predicted molar refractivity (Wildman–Crippen MR) is 138 cm³/mol. The van der Waals surface area contributed by atoms with Crippen molar-refractivity contribution in [1.29, 1.82) is 0 Å². The molecule has 0 heterocycles. The highest BCUT2D eigenvalue weighted by molar-refractivity contribution is 7.99. The number of unbranched alkanes of at least 4 members (excludes halogenated alkanes) is 18. The molecule has 0 saturated carbocycles. The van der Waals surface area contributed by atoms with Crippen molar-refractivity contribution in [3.05, 3.63) is 0 Å². The summed E-state index contributed by atoms with van der Waals surface area (Å²) in [5.41, 5.74) is 0. The monoisotopic (exact) mass is 444 g/mol. The van der Waals surface area contributed by atoms with E-state index in [-0.39, 0.29) is 12.7 Å². The lowest BCUT2D eigenvalue weighted by atomic mass is 10.1. The number of hydrogen-bond donors (Lipinski definition) is 1. The largest absolute Gasteiger partial charge is 0.394 e. The predicted octanol–water partition coefficient (Wildman–Crippen LogP) is 8.94. The van der Waals surface area contributed by atoms with Crippen LogP contribution in [-0.2, 0) is 4.74 Å². The Morgan fingerprint density at radius 1 is 0.567 bits per heavy atom. The fourth-order valence-electron chi connectivity index (χ4n) is 3.90. The number of hydrogen-bond acceptors (Lipinski definition) is 3. The lowest BCUT2D eigenvalue weighted by Crippen LogP contribution is -2.21. The minimum Gasteiger partial charge on any atom is -0.394 e. The van der Waals surface area contributed by atoms with E-state index in [1.54, 1.807) is 0 Å². The topological polar surface area (TPSA) is 29.5 Å². The first-order valence-electron chi connectivity index (χ1n) is 13.6. The van der Waals surface area contributed by atoms with Crippen LogP contribution in [0.4, 0.5) is 0 Å². The molecule has 1 N–H and O–H groups in total. The quantitative estimate of drug-likeness (QED) is 0.135. The van der Waals surface area contributed by atoms with E-state index in [1.165, 1.54) is 128 Å². The van der Waals surface area contributed by atoms with E-state index in [9.17, 15) is 5.11 Å². The van der Waals surface area contributed by atoms with Crippen LogP contribution in [0.15, 0.2) is 0 Å². The van der Waals surface area contributed by atoms with Gasteiger partial charge in [0.15, 0.2) is 0 Å². The molecular weight excluding hydrogens is 388 g/mol. The summed E-state index contributed by atoms with van der Waals surface area (Å²) in [6, 6.07) is 0. The number of rotatable bonds is 26. The van der Waals surface area contributed by atoms with Gasteiger partial charge < -0.3 is 9.84 Å². The summed E-state index contributed by atoms with van der Waals surface area (Å²) < 4.78 is 5.88. The van der Waals surface area contributed by atoms with E-state index in [2.05, 4.69) is 13.8 Å². The molecule has 0 aliphatic rings. The molecule has 0 rings (SSSR count). The Hall–Kier alpha value is 0.270. The maximum absolute atomic E-state index is 9.51. The molecule has 2 nitrogen and oxygen atoms in total. The molecule has 0 fully saturated rings. The van der Waals surface area contributed by atoms with Gasteiger partial charge in [0, 0.05) is 12.4 Å². The summed E-state index contributed by atoms with van der Waals surface area (Å²) in [6.07, 6.45) is 27.6. The van der Waals surface area contributed by atoms with Crippen LogP contribution < -0.4 is 0 Å². The molecule has 0 amide bonds. The first kappa shape index (κ1) is 30.3. The van der Waals surface area contributed by atoms with E-state index in [4.69, 9.17) is 4.74 Å². The zero-order valence-electron chi connectivity index (χ0n) is 20.8. The third-order valence-corrected chi connectivity index (χ3v) is 7.19. The molecule has 0 aromatic rings. The van der Waals surface area contributed by atoms with Crippen molar-refractivity contribution in [3.8, 4) is 0 Å². The first-order chi connectivity index (χ1) is 14.8. The Morgan fingerprint density at radius 2 is 0.967 bits per heavy atom. The van der Waals surface area contributed by atoms with Crippen molar-refractivity contribution in [2.45, 2.75) is 148 Å². The fourth-order valence-corrected chi connectivity index (χ4v) is 4.94. The standard InChI is InChI=1S/C27H56O2S/c1-3-5-7-9-11-13-14-15-16-18-20-22-24-30-26-27(25-28)29-23-21-19-17-12-10-8-6-4-2/h27-28H,3-26H2,1-2H3. The van der Waals surface area contributed by atoms with Crippen LogP contribution in [0.1, 0.15) is 142 Å². The second-order valence-corrected chi connectivity index (χ2v) is 10.3. The van der Waals surface area contributed by atoms with Crippen molar-refractivity contribution < 1.29 is 9.84 Å². The summed E-state index contributed by atoms with van der Waals surface area (Å²) in [4.78, 5) is 0. The highest BCUT2D eigenvalue weighted by atomic mass is 32.2. The van der Waals surface area contributed by atoms with Crippen LogP contribution in [0, 0.1) is 0 Å². The molecule has 0 bridgehead atoms. The minimum atomic E-state index is 0.0388. The molecule has 1 atom stereocenters. The smallest absolute Gasteiger partial charge is 0.0895 e. The molecule has 0 radical (unpaired) electrons. The van der Waals surface area contributed by atoms with E-state index >= 15 is 0 Å². The second-order valence-electron chi connectivity index (χ2n) is 9.11. The Bertz CT molecular complexity index is 299. The Kier molecular flexibility index (Phi) is 27.5. The van der Waals surface area contributed by atoms with Gasteiger partial charge in [0.1, 0.15) is 0 Å². The highest BCUT2D eigenvalue weighted by Crippen LogP contribution is 2.15. The van der Waals surface area contributed by atoms with Gasteiger partial charge >= 0.3 is 0 Å². The molecule has 0 aromatic carbocycles. The normalized spacial score (nSPS) is 12.5. The average Bonchev–Trinajstić information content (AvgIpc) is 2.76. The number of aliphatic hydroxyl groups is 1. The van der Waals surface area contributed by atoms with E-state index < -0.39 is 0 Å². The van der Waals surface area contributed by atoms with Gasteiger partial charge in [0.2, 0.25) is 0 Å². The molecular formula is C27H56O2S. The SMILES string of the molecule is CCCCCCCCCCCCCCSCC(CO)OCCCCCCCCCC. The molecule has 0 saturated heterocycles. The Labute approximate surface area is 194 Å². The van der Waals surface area contributed by atoms with Gasteiger partial charge in [-0.1, -0.05) is 129 Å². The Balaban J connectivity index is 3.25. The molecule has 30 heavy (non-hydrogen) atoms. The lowest BCUT2D eigenvalue weighted by molar-refractivity contribution is 0.0260. The molecule has 0 aliphatic heterocycles. The van der Waals surface area contributed by atoms with Gasteiger partial charge in [-0.05, 0) is 18.6 Å². The Morgan fingerprint density at radius 3 is 1.40 bits per heavy atom. The van der Waals surface area contributed by atoms with Gasteiger partial charge in [-0.25, -0.2) is 0 Å². The van der Waals surface area contributed by atoms with Crippen molar-refractivity contribution in [2.75, 3.05) is 24.7 Å².